The van der Waals surface area contributed by atoms with Crippen LogP contribution >= 0.6 is 0 Å². The molecule has 0 radical (unpaired) electrons. The van der Waals surface area contributed by atoms with Gasteiger partial charge in [-0.25, -0.2) is 4.99 Å². The van der Waals surface area contributed by atoms with Crippen LogP contribution in [0.5, 0.6) is 11.5 Å². The van der Waals surface area contributed by atoms with E-state index in [1.807, 2.05) is 18.2 Å². The Morgan fingerprint density at radius 3 is 2.19 bits per heavy atom. The Morgan fingerprint density at radius 2 is 1.58 bits per heavy atom. The second kappa shape index (κ2) is 9.68. The normalized spacial score (nSPS) is 11.5. The van der Waals surface area contributed by atoms with Crippen LogP contribution in [0.2, 0.25) is 0 Å². The fraction of sp³-hybridized carbons (Fsp3) is 0.350. The molecule has 0 atom stereocenters. The lowest BCUT2D eigenvalue weighted by atomic mass is 10.1. The van der Waals surface area contributed by atoms with Crippen LogP contribution in [0.15, 0.2) is 47.5 Å². The van der Waals surface area contributed by atoms with Crippen LogP contribution in [-0.4, -0.2) is 39.2 Å². The van der Waals surface area contributed by atoms with E-state index in [0.29, 0.717) is 30.5 Å². The third kappa shape index (κ3) is 5.97. The van der Waals surface area contributed by atoms with Crippen LogP contribution in [0.4, 0.5) is 0 Å². The summed E-state index contributed by atoms with van der Waals surface area (Å²) in [7, 11) is 7.35. The standard InChI is InChI=1S/C20H28N4O2/c1-24(2)14-16-7-5-15(6-8-16)12-22-20(21)23-13-17-9-10-18(25-3)19(11-17)26-4/h5-11H,12-14H2,1-4H3,(H3,21,22,23). The highest BCUT2D eigenvalue weighted by Gasteiger charge is 2.04. The van der Waals surface area contributed by atoms with Gasteiger partial charge in [-0.05, 0) is 42.9 Å². The largest absolute Gasteiger partial charge is 0.493 e. The van der Waals surface area contributed by atoms with Crippen molar-refractivity contribution in [1.82, 2.24) is 10.2 Å². The average Bonchev–Trinajstić information content (AvgIpc) is 2.65. The van der Waals surface area contributed by atoms with Gasteiger partial charge in [0.1, 0.15) is 0 Å². The number of nitrogens with zero attached hydrogens (tertiary/aromatic N) is 2. The molecule has 0 aromatic heterocycles. The number of hydrogen-bond acceptors (Lipinski definition) is 4. The van der Waals surface area contributed by atoms with Gasteiger partial charge in [-0.3, -0.25) is 0 Å². The van der Waals surface area contributed by atoms with Gasteiger partial charge in [0.05, 0.1) is 20.8 Å². The molecule has 6 heteroatoms. The fourth-order valence-electron chi connectivity index (χ4n) is 2.53. The first kappa shape index (κ1) is 19.6. The first-order chi connectivity index (χ1) is 12.5. The molecule has 0 amide bonds. The van der Waals surface area contributed by atoms with E-state index in [4.69, 9.17) is 15.2 Å². The zero-order valence-corrected chi connectivity index (χ0v) is 16.0. The summed E-state index contributed by atoms with van der Waals surface area (Å²) in [5, 5.41) is 3.14. The van der Waals surface area contributed by atoms with Gasteiger partial charge >= 0.3 is 0 Å². The average molecular weight is 356 g/mol. The van der Waals surface area contributed by atoms with Crippen molar-refractivity contribution in [3.05, 3.63) is 59.2 Å². The predicted molar refractivity (Wildman–Crippen MR) is 106 cm³/mol. The molecule has 3 N–H and O–H groups in total. The Hall–Kier alpha value is -2.73. The Morgan fingerprint density at radius 1 is 0.962 bits per heavy atom. The van der Waals surface area contributed by atoms with Crippen LogP contribution in [0.1, 0.15) is 16.7 Å². The van der Waals surface area contributed by atoms with Crippen molar-refractivity contribution in [2.24, 2.45) is 10.7 Å². The molecule has 0 aliphatic carbocycles. The Kier molecular flexibility index (Phi) is 7.29. The van der Waals surface area contributed by atoms with Crippen LogP contribution in [-0.2, 0) is 19.6 Å². The first-order valence-electron chi connectivity index (χ1n) is 8.49. The number of nitrogens with one attached hydrogen (secondary N) is 1. The third-order valence-electron chi connectivity index (χ3n) is 3.88. The van der Waals surface area contributed by atoms with E-state index < -0.39 is 0 Å². The summed E-state index contributed by atoms with van der Waals surface area (Å²) in [4.78, 5) is 6.52. The van der Waals surface area contributed by atoms with Crippen LogP contribution < -0.4 is 20.5 Å². The zero-order valence-electron chi connectivity index (χ0n) is 16.0. The van der Waals surface area contributed by atoms with Crippen molar-refractivity contribution in [2.45, 2.75) is 19.6 Å². The van der Waals surface area contributed by atoms with Gasteiger partial charge in [-0.1, -0.05) is 30.3 Å². The van der Waals surface area contributed by atoms with E-state index in [-0.39, 0.29) is 0 Å². The SMILES string of the molecule is COc1ccc(CN=C(N)NCc2ccc(CN(C)C)cc2)cc1OC. The van der Waals surface area contributed by atoms with Crippen LogP contribution in [0.25, 0.3) is 0 Å². The lowest BCUT2D eigenvalue weighted by Crippen LogP contribution is -2.31. The predicted octanol–water partition coefficient (Wildman–Crippen LogP) is 2.37. The summed E-state index contributed by atoms with van der Waals surface area (Å²) in [5.41, 5.74) is 9.42. The number of methoxy groups -OCH3 is 2. The molecule has 2 aromatic carbocycles. The van der Waals surface area contributed by atoms with Crippen molar-refractivity contribution in [2.75, 3.05) is 28.3 Å². The van der Waals surface area contributed by atoms with Gasteiger partial charge in [-0.15, -0.1) is 0 Å². The molecule has 2 rings (SSSR count). The van der Waals surface area contributed by atoms with Crippen LogP contribution in [0.3, 0.4) is 0 Å². The van der Waals surface area contributed by atoms with E-state index in [9.17, 15) is 0 Å². The molecule has 0 saturated carbocycles. The van der Waals surface area contributed by atoms with Crippen molar-refractivity contribution in [3.8, 4) is 11.5 Å². The highest BCUT2D eigenvalue weighted by Crippen LogP contribution is 2.27. The molecular weight excluding hydrogens is 328 g/mol. The molecule has 0 spiro atoms. The maximum Gasteiger partial charge on any atom is 0.189 e. The number of nitrogens with two attached hydrogens (primary N) is 1. The number of benzene rings is 2. The summed E-state index contributed by atoms with van der Waals surface area (Å²) in [6.45, 7) is 2.05. The number of aliphatic imine (C=N–C) groups is 1. The highest BCUT2D eigenvalue weighted by molar-refractivity contribution is 5.77. The van der Waals surface area contributed by atoms with Gasteiger partial charge in [0.2, 0.25) is 0 Å². The molecule has 6 nitrogen and oxygen atoms in total. The third-order valence-corrected chi connectivity index (χ3v) is 3.88. The number of guanidine groups is 1. The van der Waals surface area contributed by atoms with Gasteiger partial charge in [0.25, 0.3) is 0 Å². The Labute approximate surface area is 155 Å². The smallest absolute Gasteiger partial charge is 0.189 e. The topological polar surface area (TPSA) is 72.1 Å². The molecule has 0 bridgehead atoms. The number of hydrogen-bond donors (Lipinski definition) is 2. The molecule has 2 aromatic rings. The summed E-state index contributed by atoms with van der Waals surface area (Å²) in [6.07, 6.45) is 0. The van der Waals surface area contributed by atoms with E-state index in [0.717, 1.165) is 17.7 Å². The monoisotopic (exact) mass is 356 g/mol. The second-order valence-electron chi connectivity index (χ2n) is 6.30. The lowest BCUT2D eigenvalue weighted by Gasteiger charge is -2.11. The minimum absolute atomic E-state index is 0.414. The summed E-state index contributed by atoms with van der Waals surface area (Å²) >= 11 is 0. The molecule has 0 fully saturated rings. The van der Waals surface area contributed by atoms with Crippen molar-refractivity contribution in [3.63, 3.8) is 0 Å². The molecule has 0 aliphatic rings. The lowest BCUT2D eigenvalue weighted by molar-refractivity contribution is 0.354. The minimum atomic E-state index is 0.414. The van der Waals surface area contributed by atoms with Crippen molar-refractivity contribution in [1.29, 1.82) is 0 Å². The molecular formula is C20H28N4O2. The molecule has 0 saturated heterocycles. The van der Waals surface area contributed by atoms with Crippen molar-refractivity contribution < 1.29 is 9.47 Å². The minimum Gasteiger partial charge on any atom is -0.493 e. The quantitative estimate of drug-likeness (QED) is 0.561. The number of ether oxygens (including phenoxy) is 2. The van der Waals surface area contributed by atoms with E-state index in [2.05, 4.69) is 53.6 Å². The summed E-state index contributed by atoms with van der Waals surface area (Å²) in [6, 6.07) is 14.2. The van der Waals surface area contributed by atoms with Crippen LogP contribution in [0, 0.1) is 0 Å². The molecule has 0 unspecified atom stereocenters. The summed E-state index contributed by atoms with van der Waals surface area (Å²) in [5.74, 6) is 1.80. The molecule has 0 aliphatic heterocycles. The number of rotatable bonds is 8. The van der Waals surface area contributed by atoms with E-state index >= 15 is 0 Å². The molecule has 26 heavy (non-hydrogen) atoms. The highest BCUT2D eigenvalue weighted by atomic mass is 16.5. The maximum atomic E-state index is 5.97. The Bertz CT molecular complexity index is 727. The van der Waals surface area contributed by atoms with E-state index in [1.165, 1.54) is 5.56 Å². The summed E-state index contributed by atoms with van der Waals surface area (Å²) < 4.78 is 10.5. The fourth-order valence-corrected chi connectivity index (χ4v) is 2.53. The first-order valence-corrected chi connectivity index (χ1v) is 8.49. The molecule has 140 valence electrons. The van der Waals surface area contributed by atoms with E-state index in [1.54, 1.807) is 14.2 Å². The van der Waals surface area contributed by atoms with Gasteiger partial charge in [0, 0.05) is 13.1 Å². The maximum absolute atomic E-state index is 5.97. The van der Waals surface area contributed by atoms with Gasteiger partial charge < -0.3 is 25.4 Å². The van der Waals surface area contributed by atoms with Crippen molar-refractivity contribution >= 4 is 5.96 Å². The molecule has 0 heterocycles. The zero-order chi connectivity index (χ0) is 18.9. The van der Waals surface area contributed by atoms with Gasteiger partial charge in [-0.2, -0.15) is 0 Å². The van der Waals surface area contributed by atoms with Gasteiger partial charge in [0.15, 0.2) is 17.5 Å². The Balaban J connectivity index is 1.88. The second-order valence-corrected chi connectivity index (χ2v) is 6.30.